The number of hydrogen-bond acceptors (Lipinski definition) is 13. The number of benzene rings is 4. The molecule has 1 amide bonds. The van der Waals surface area contributed by atoms with Gasteiger partial charge in [0.2, 0.25) is 26.0 Å². The molecule has 0 aliphatic carbocycles. The van der Waals surface area contributed by atoms with E-state index >= 15 is 0 Å². The first-order chi connectivity index (χ1) is 36.7. The van der Waals surface area contributed by atoms with Crippen molar-refractivity contribution in [2.24, 2.45) is 5.73 Å². The van der Waals surface area contributed by atoms with Crippen LogP contribution in [0.2, 0.25) is 0 Å². The van der Waals surface area contributed by atoms with Gasteiger partial charge in [0.05, 0.1) is 48.6 Å². The van der Waals surface area contributed by atoms with E-state index < -0.39 is 32.6 Å². The van der Waals surface area contributed by atoms with E-state index in [1.807, 2.05) is 24.3 Å². The summed E-state index contributed by atoms with van der Waals surface area (Å²) in [7, 11) is -1.37. The maximum absolute atomic E-state index is 13.1. The number of carboxylic acids is 1. The van der Waals surface area contributed by atoms with E-state index in [-0.39, 0.29) is 68.4 Å². The van der Waals surface area contributed by atoms with E-state index in [0.717, 1.165) is 64.1 Å². The maximum Gasteiger partial charge on any atom is 0.329 e. The molecular formula is C57H79ClN8O11S2. The number of aromatic nitrogens is 4. The topological polar surface area (TPSA) is 240 Å². The third-order valence-electron chi connectivity index (χ3n) is 13.3. The molecule has 2 aliphatic heterocycles. The average molecular weight is 1150 g/mol. The number of aliphatic carboxylic acids is 1. The predicted octanol–water partition coefficient (Wildman–Crippen LogP) is 7.90. The maximum atomic E-state index is 13.1. The van der Waals surface area contributed by atoms with Crippen molar-refractivity contribution in [1.29, 1.82) is 0 Å². The van der Waals surface area contributed by atoms with Crippen LogP contribution in [0.25, 0.3) is 22.5 Å². The van der Waals surface area contributed by atoms with Crippen molar-refractivity contribution < 1.29 is 50.5 Å². The molecular weight excluding hydrogens is 1070 g/mol. The molecule has 0 unspecified atom stereocenters. The van der Waals surface area contributed by atoms with Gasteiger partial charge < -0.3 is 44.2 Å². The number of nitrogens with one attached hydrogen (secondary N) is 1. The number of likely N-dealkylation sites (N-methyl/N-ethyl adjacent to an activating group) is 2. The van der Waals surface area contributed by atoms with Crippen molar-refractivity contribution in [3.8, 4) is 34.0 Å². The highest BCUT2D eigenvalue weighted by atomic mass is 35.5. The van der Waals surface area contributed by atoms with Crippen LogP contribution in [0.1, 0.15) is 78.1 Å². The number of ether oxygens (including phenoxy) is 4. The zero-order valence-electron chi connectivity index (χ0n) is 45.9. The van der Waals surface area contributed by atoms with Gasteiger partial charge in [0.25, 0.3) is 0 Å². The van der Waals surface area contributed by atoms with Crippen LogP contribution in [-0.4, -0.2) is 129 Å². The largest absolute Gasteiger partial charge is 0.497 e. The molecule has 2 aliphatic rings. The number of methoxy groups -OCH3 is 2. The van der Waals surface area contributed by atoms with Gasteiger partial charge in [0.15, 0.2) is 0 Å². The molecule has 2 aromatic heterocycles. The molecule has 8 rings (SSSR count). The van der Waals surface area contributed by atoms with Crippen LogP contribution < -0.4 is 20.5 Å². The number of aryl methyl sites for hydroxylation is 8. The lowest BCUT2D eigenvalue weighted by Gasteiger charge is -2.20. The van der Waals surface area contributed by atoms with Crippen molar-refractivity contribution in [3.63, 3.8) is 0 Å². The van der Waals surface area contributed by atoms with Crippen LogP contribution in [0, 0.1) is 27.7 Å². The van der Waals surface area contributed by atoms with Gasteiger partial charge in [-0.15, -0.1) is 12.4 Å². The molecule has 0 radical (unpaired) electrons. The summed E-state index contributed by atoms with van der Waals surface area (Å²) < 4.78 is 79.0. The molecule has 6 aromatic rings. The monoisotopic (exact) mass is 1150 g/mol. The third-order valence-corrected chi connectivity index (χ3v) is 17.6. The summed E-state index contributed by atoms with van der Waals surface area (Å²) in [6.07, 6.45) is 11.4. The number of rotatable bonds is 21. The Morgan fingerprint density at radius 3 is 1.41 bits per heavy atom. The highest BCUT2D eigenvalue weighted by Gasteiger charge is 2.27. The Hall–Kier alpha value is -6.17. The molecule has 432 valence electrons. The van der Waals surface area contributed by atoms with E-state index in [9.17, 15) is 26.4 Å². The summed E-state index contributed by atoms with van der Waals surface area (Å²) in [5.74, 6) is 2.24. The minimum Gasteiger partial charge on any atom is -0.497 e. The molecule has 0 saturated carbocycles. The Kier molecular flexibility index (Phi) is 25.2. The molecule has 4 N–H and O–H groups in total. The Labute approximate surface area is 473 Å². The summed E-state index contributed by atoms with van der Waals surface area (Å²) in [5, 5.41) is 11.3. The number of sulfonamides is 2. The number of carboxylic acid groups (broad SMARTS) is 1. The minimum absolute atomic E-state index is 0. The van der Waals surface area contributed by atoms with E-state index in [1.165, 1.54) is 62.6 Å². The van der Waals surface area contributed by atoms with Gasteiger partial charge in [0.1, 0.15) is 36.4 Å². The number of amides is 1. The van der Waals surface area contributed by atoms with Gasteiger partial charge in [-0.25, -0.2) is 31.6 Å². The van der Waals surface area contributed by atoms with Crippen LogP contribution in [0.15, 0.2) is 95.0 Å². The molecule has 0 bridgehead atoms. The van der Waals surface area contributed by atoms with E-state index in [4.69, 9.17) is 39.8 Å². The van der Waals surface area contributed by atoms with Gasteiger partial charge >= 0.3 is 5.97 Å². The quantitative estimate of drug-likeness (QED) is 0.0581. The fourth-order valence-electron chi connectivity index (χ4n) is 9.09. The first-order valence-corrected chi connectivity index (χ1v) is 28.5. The molecule has 4 heterocycles. The number of halogens is 1. The van der Waals surface area contributed by atoms with Crippen molar-refractivity contribution >= 4 is 44.3 Å². The van der Waals surface area contributed by atoms with E-state index in [2.05, 4.69) is 51.1 Å². The second kappa shape index (κ2) is 30.4. The molecule has 22 heteroatoms. The standard InChI is InChI=1S/C28H36N4O5S.C14H17N3.C14H21NO6S.CH4.ClH/c1-20-15-24(36-4)16-21(2)28(20)38(34,35)31(3)13-14-37-19-27(33)29-17-22-8-10-23(11-9-22)25-18-32-12-6-5-7-26(32)30-25;15-9-11-4-6-12(7-5-11)13-10-17-8-2-1-3-14(17)16-13;1-10-7-12(20-4)8-11(2)14(10)22(18,19)15(3)5-6-21-9-13(16)17;;/h8-11,15-16,18H,5-7,12-14,17,19H2,1-4H3,(H,29,33);4-7,10H,1-3,8-9,15H2;7-8H,5-6,9H2,1-4H3,(H,16,17);1H4;1H. The smallest absolute Gasteiger partial charge is 0.329 e. The molecule has 0 fully saturated rings. The summed E-state index contributed by atoms with van der Waals surface area (Å²) in [6, 6.07) is 23.1. The summed E-state index contributed by atoms with van der Waals surface area (Å²) in [4.78, 5) is 32.5. The van der Waals surface area contributed by atoms with Crippen LogP contribution >= 0.6 is 12.4 Å². The van der Waals surface area contributed by atoms with Crippen LogP contribution in [0.4, 0.5) is 0 Å². The lowest BCUT2D eigenvalue weighted by Crippen LogP contribution is -2.33. The lowest BCUT2D eigenvalue weighted by molar-refractivity contribution is -0.142. The summed E-state index contributed by atoms with van der Waals surface area (Å²) in [6.45, 7) is 9.73. The van der Waals surface area contributed by atoms with Gasteiger partial charge in [-0.1, -0.05) is 56.0 Å². The highest BCUT2D eigenvalue weighted by Crippen LogP contribution is 2.30. The minimum atomic E-state index is -3.71. The van der Waals surface area contributed by atoms with Crippen LogP contribution in [0.3, 0.4) is 0 Å². The van der Waals surface area contributed by atoms with Crippen LogP contribution in [0.5, 0.6) is 11.5 Å². The number of imidazole rings is 2. The Morgan fingerprint density at radius 2 is 1.04 bits per heavy atom. The number of carbonyl (C=O) groups excluding carboxylic acids is 1. The van der Waals surface area contributed by atoms with E-state index in [1.54, 1.807) is 59.1 Å². The predicted molar refractivity (Wildman–Crippen MR) is 309 cm³/mol. The lowest BCUT2D eigenvalue weighted by atomic mass is 10.1. The fourth-order valence-corrected chi connectivity index (χ4v) is 12.2. The third kappa shape index (κ3) is 17.7. The van der Waals surface area contributed by atoms with E-state index in [0.29, 0.717) is 46.8 Å². The highest BCUT2D eigenvalue weighted by molar-refractivity contribution is 7.89. The number of hydrogen-bond donors (Lipinski definition) is 3. The molecule has 0 saturated heterocycles. The molecule has 19 nitrogen and oxygen atoms in total. The SMILES string of the molecule is C.COc1cc(C)c(S(=O)(=O)N(C)CCOCC(=O)NCc2ccc(-c3cn4c(n3)CCCC4)cc2)c(C)c1.COc1cc(C)c(S(=O)(=O)N(C)CCOCC(=O)O)c(C)c1.Cl.NCc1ccc(-c2cn3c(n2)CCCC3)cc1. The number of nitrogens with two attached hydrogens (primary N) is 1. The Balaban J connectivity index is 0.000000278. The normalized spacial score (nSPS) is 12.8. The number of fused-ring (bicyclic) bond motifs is 2. The average Bonchev–Trinajstić information content (AvgIpc) is 4.06. The van der Waals surface area contributed by atoms with Crippen molar-refractivity contribution in [3.05, 3.63) is 130 Å². The first-order valence-electron chi connectivity index (χ1n) is 25.6. The van der Waals surface area contributed by atoms with Crippen molar-refractivity contribution in [1.82, 2.24) is 33.0 Å². The molecule has 79 heavy (non-hydrogen) atoms. The van der Waals surface area contributed by atoms with Crippen LogP contribution in [-0.2, 0) is 78.1 Å². The van der Waals surface area contributed by atoms with Crippen molar-refractivity contribution in [2.45, 2.75) is 110 Å². The van der Waals surface area contributed by atoms with Gasteiger partial charge in [-0.2, -0.15) is 8.61 Å². The van der Waals surface area contributed by atoms with Gasteiger partial charge in [-0.05, 0) is 111 Å². The Bertz CT molecular complexity index is 3090. The molecule has 0 atom stereocenters. The number of nitrogens with zero attached hydrogens (tertiary/aromatic N) is 6. The number of carbonyl (C=O) groups is 2. The molecule has 4 aromatic carbocycles. The zero-order valence-corrected chi connectivity index (χ0v) is 48.4. The van der Waals surface area contributed by atoms with Crippen molar-refractivity contribution in [2.75, 3.05) is 67.8 Å². The van der Waals surface area contributed by atoms with Gasteiger partial charge in [0, 0.05) is 89.7 Å². The zero-order chi connectivity index (χ0) is 55.9. The van der Waals surface area contributed by atoms with Gasteiger partial charge in [-0.3, -0.25) is 4.79 Å². The second-order valence-electron chi connectivity index (χ2n) is 19.1. The second-order valence-corrected chi connectivity index (χ2v) is 23.1. The summed E-state index contributed by atoms with van der Waals surface area (Å²) >= 11 is 0. The Morgan fingerprint density at radius 1 is 0.646 bits per heavy atom. The first kappa shape index (κ1) is 65.3. The molecule has 0 spiro atoms. The fraction of sp³-hybridized carbons (Fsp3) is 0.439. The summed E-state index contributed by atoms with van der Waals surface area (Å²) in [5.41, 5.74) is 14.5.